The van der Waals surface area contributed by atoms with Crippen LogP contribution >= 0.6 is 12.6 Å². The predicted molar refractivity (Wildman–Crippen MR) is 128 cm³/mol. The molecule has 3 fully saturated rings. The van der Waals surface area contributed by atoms with Crippen LogP contribution in [-0.2, 0) is 38.0 Å². The quantitative estimate of drug-likeness (QED) is 0.0871. The standard InChI is InChI=1S/C22H37NO15S/c1-9-7-35-22(20(30)31,5-11(9)26)38-21(32)8-34-19(15(28)17(21)29)37-16-12(6-24)36-18(33-3-4-39)13(14(16)27)23-10(2)25/h9,11-19,24,26-29,32,39H,3-8H2,1-2H3,(H,23,25)(H,30,31)/t9-,11+,12?,13-,14+,15-,16+,17+,18?,19?,21+,22-/m0/s1. The smallest absolute Gasteiger partial charge is 0.364 e. The molecule has 0 bridgehead atoms. The minimum Gasteiger partial charge on any atom is -0.477 e. The Morgan fingerprint density at radius 3 is 2.41 bits per heavy atom. The number of aliphatic carboxylic acids is 1. The summed E-state index contributed by atoms with van der Waals surface area (Å²) in [6.45, 7) is 1.05. The number of carboxylic acids is 1. The number of hydrogen-bond donors (Lipinski definition) is 9. The van der Waals surface area contributed by atoms with Gasteiger partial charge in [0.15, 0.2) is 12.6 Å². The van der Waals surface area contributed by atoms with Gasteiger partial charge < -0.3 is 69.5 Å². The molecule has 16 nitrogen and oxygen atoms in total. The minimum absolute atomic E-state index is 0.0902. The highest BCUT2D eigenvalue weighted by molar-refractivity contribution is 7.80. The maximum absolute atomic E-state index is 12.0. The molecule has 0 spiro atoms. The highest BCUT2D eigenvalue weighted by Crippen LogP contribution is 2.38. The largest absolute Gasteiger partial charge is 0.477 e. The van der Waals surface area contributed by atoms with Crippen LogP contribution in [-0.4, -0.2) is 147 Å². The lowest BCUT2D eigenvalue weighted by Crippen LogP contribution is -2.70. The summed E-state index contributed by atoms with van der Waals surface area (Å²) in [5.41, 5.74) is 0. The van der Waals surface area contributed by atoms with Crippen molar-refractivity contribution < 1.29 is 73.8 Å². The number of nitrogens with one attached hydrogen (secondary N) is 1. The highest BCUT2D eigenvalue weighted by atomic mass is 32.1. The maximum atomic E-state index is 12.0. The van der Waals surface area contributed by atoms with Gasteiger partial charge >= 0.3 is 5.97 Å². The number of thiol groups is 1. The average Bonchev–Trinajstić information content (AvgIpc) is 2.88. The van der Waals surface area contributed by atoms with Crippen LogP contribution in [0, 0.1) is 5.92 Å². The molecule has 3 unspecified atom stereocenters. The first kappa shape index (κ1) is 32.3. The van der Waals surface area contributed by atoms with E-state index in [0.29, 0.717) is 5.75 Å². The van der Waals surface area contributed by atoms with Crippen molar-refractivity contribution in [1.29, 1.82) is 0 Å². The highest BCUT2D eigenvalue weighted by Gasteiger charge is 2.59. The van der Waals surface area contributed by atoms with E-state index in [9.17, 15) is 45.3 Å². The maximum Gasteiger partial charge on any atom is 0.364 e. The zero-order valence-electron chi connectivity index (χ0n) is 21.4. The summed E-state index contributed by atoms with van der Waals surface area (Å²) in [6.07, 6.45) is -13.2. The van der Waals surface area contributed by atoms with Gasteiger partial charge in [0.2, 0.25) is 11.7 Å². The van der Waals surface area contributed by atoms with Crippen molar-refractivity contribution in [3.8, 4) is 0 Å². The van der Waals surface area contributed by atoms with E-state index < -0.39 is 104 Å². The van der Waals surface area contributed by atoms with Gasteiger partial charge in [-0.15, -0.1) is 0 Å². The van der Waals surface area contributed by atoms with Crippen LogP contribution in [0.25, 0.3) is 0 Å². The Balaban J connectivity index is 1.75. The molecule has 3 rings (SSSR count). The number of hydrogen-bond acceptors (Lipinski definition) is 15. The molecule has 226 valence electrons. The van der Waals surface area contributed by atoms with Gasteiger partial charge in [0.05, 0.1) is 25.9 Å². The van der Waals surface area contributed by atoms with E-state index in [2.05, 4.69) is 17.9 Å². The molecule has 17 heteroatoms. The molecule has 0 radical (unpaired) electrons. The number of amides is 1. The molecule has 3 heterocycles. The summed E-state index contributed by atoms with van der Waals surface area (Å²) < 4.78 is 32.7. The third kappa shape index (κ3) is 7.00. The first-order valence-electron chi connectivity index (χ1n) is 12.3. The summed E-state index contributed by atoms with van der Waals surface area (Å²) >= 11 is 4.04. The number of aliphatic hydroxyl groups excluding tert-OH is 5. The second-order valence-corrected chi connectivity index (χ2v) is 10.3. The second-order valence-electron chi connectivity index (χ2n) is 9.82. The Bertz CT molecular complexity index is 854. The SMILES string of the molecule is CC(=O)N[C@@H]1C(OCCS)OC(CO)[C@@H](OC2OC[C@@](O)(O[C@]3(C(=O)O)C[C@@H](O)[C@@H](C)CO3)[C@H](O)[C@@H]2O)[C@@H]1O. The molecule has 3 aliphatic heterocycles. The van der Waals surface area contributed by atoms with Crippen LogP contribution < -0.4 is 5.32 Å². The Kier molecular flexibility index (Phi) is 10.9. The number of aliphatic hydroxyl groups is 6. The topological polar surface area (TPSA) is 243 Å². The van der Waals surface area contributed by atoms with Gasteiger partial charge in [-0.05, 0) is 0 Å². The van der Waals surface area contributed by atoms with Gasteiger partial charge in [-0.3, -0.25) is 4.79 Å². The first-order chi connectivity index (χ1) is 18.3. The number of carbonyl (C=O) groups is 2. The van der Waals surface area contributed by atoms with E-state index in [-0.39, 0.29) is 13.2 Å². The molecule has 0 aromatic rings. The van der Waals surface area contributed by atoms with Crippen molar-refractivity contribution in [3.63, 3.8) is 0 Å². The zero-order chi connectivity index (χ0) is 29.1. The molecular weight excluding hydrogens is 550 g/mol. The van der Waals surface area contributed by atoms with Crippen molar-refractivity contribution >= 4 is 24.5 Å². The van der Waals surface area contributed by atoms with Gasteiger partial charge in [-0.2, -0.15) is 12.6 Å². The number of carbonyl (C=O) groups excluding carboxylic acids is 1. The summed E-state index contributed by atoms with van der Waals surface area (Å²) in [5, 5.41) is 75.6. The van der Waals surface area contributed by atoms with Crippen LogP contribution in [0.1, 0.15) is 20.3 Å². The monoisotopic (exact) mass is 587 g/mol. The third-order valence-corrected chi connectivity index (χ3v) is 6.97. The molecule has 8 N–H and O–H groups in total. The molecular formula is C22H37NO15S. The fraction of sp³-hybridized carbons (Fsp3) is 0.909. The van der Waals surface area contributed by atoms with Gasteiger partial charge in [0, 0.05) is 25.0 Å². The van der Waals surface area contributed by atoms with Gasteiger partial charge in [-0.1, -0.05) is 6.92 Å². The first-order valence-corrected chi connectivity index (χ1v) is 13.0. The Morgan fingerprint density at radius 2 is 1.85 bits per heavy atom. The molecule has 3 saturated heterocycles. The Labute approximate surface area is 229 Å². The predicted octanol–water partition coefficient (Wildman–Crippen LogP) is -4.12. The number of rotatable bonds is 10. The van der Waals surface area contributed by atoms with Crippen molar-refractivity contribution in [2.24, 2.45) is 5.92 Å². The van der Waals surface area contributed by atoms with Crippen LogP contribution in [0.2, 0.25) is 0 Å². The summed E-state index contributed by atoms with van der Waals surface area (Å²) in [6, 6.07) is -1.17. The number of ether oxygens (including phenoxy) is 6. The lowest BCUT2D eigenvalue weighted by atomic mass is 9.93. The van der Waals surface area contributed by atoms with Crippen LogP contribution in [0.4, 0.5) is 0 Å². The van der Waals surface area contributed by atoms with E-state index in [1.165, 1.54) is 6.92 Å². The Hall–Kier alpha value is -1.19. The summed E-state index contributed by atoms with van der Waals surface area (Å²) in [7, 11) is 0. The summed E-state index contributed by atoms with van der Waals surface area (Å²) in [4.78, 5) is 23.7. The third-order valence-electron chi connectivity index (χ3n) is 6.79. The number of carboxylic acid groups (broad SMARTS) is 1. The van der Waals surface area contributed by atoms with Crippen LogP contribution in [0.15, 0.2) is 0 Å². The van der Waals surface area contributed by atoms with Crippen LogP contribution in [0.3, 0.4) is 0 Å². The molecule has 1 amide bonds. The zero-order valence-corrected chi connectivity index (χ0v) is 22.3. The molecule has 0 aromatic carbocycles. The molecule has 3 aliphatic rings. The van der Waals surface area contributed by atoms with Gasteiger partial charge in [0.25, 0.3) is 5.79 Å². The van der Waals surface area contributed by atoms with Crippen molar-refractivity contribution in [2.45, 2.75) is 87.1 Å². The second kappa shape index (κ2) is 13.2. The fourth-order valence-corrected chi connectivity index (χ4v) is 4.67. The Morgan fingerprint density at radius 1 is 1.15 bits per heavy atom. The van der Waals surface area contributed by atoms with Gasteiger partial charge in [-0.25, -0.2) is 4.79 Å². The lowest BCUT2D eigenvalue weighted by molar-refractivity contribution is -0.428. The molecule has 0 aromatic heterocycles. The van der Waals surface area contributed by atoms with E-state index >= 15 is 0 Å². The fourth-order valence-electron chi connectivity index (χ4n) is 4.56. The molecule has 12 atom stereocenters. The van der Waals surface area contributed by atoms with Crippen LogP contribution in [0.5, 0.6) is 0 Å². The normalized spacial score (nSPS) is 45.1. The average molecular weight is 588 g/mol. The minimum atomic E-state index is -2.82. The van der Waals surface area contributed by atoms with Crippen molar-refractivity contribution in [1.82, 2.24) is 5.32 Å². The molecule has 0 aliphatic carbocycles. The van der Waals surface area contributed by atoms with E-state index in [4.69, 9.17) is 28.4 Å². The molecule has 0 saturated carbocycles. The van der Waals surface area contributed by atoms with E-state index in [1.54, 1.807) is 6.92 Å². The molecule has 39 heavy (non-hydrogen) atoms. The van der Waals surface area contributed by atoms with E-state index in [1.807, 2.05) is 0 Å². The van der Waals surface area contributed by atoms with Crippen molar-refractivity contribution in [2.75, 3.05) is 32.2 Å². The van der Waals surface area contributed by atoms with Crippen molar-refractivity contribution in [3.05, 3.63) is 0 Å². The van der Waals surface area contributed by atoms with E-state index in [0.717, 1.165) is 0 Å². The van der Waals surface area contributed by atoms with Gasteiger partial charge in [0.1, 0.15) is 43.2 Å². The summed E-state index contributed by atoms with van der Waals surface area (Å²) in [5.74, 6) is -7.73. The lowest BCUT2D eigenvalue weighted by Gasteiger charge is -2.49.